The van der Waals surface area contributed by atoms with Crippen LogP contribution in [0.15, 0.2) is 12.4 Å². The second-order valence-corrected chi connectivity index (χ2v) is 4.44. The van der Waals surface area contributed by atoms with E-state index in [0.29, 0.717) is 18.3 Å². The zero-order valence-corrected chi connectivity index (χ0v) is 8.95. The second-order valence-electron chi connectivity index (χ2n) is 4.44. The maximum atomic E-state index is 5.46. The normalized spacial score (nSPS) is 11.4. The number of nitrogens with two attached hydrogens (primary N) is 1. The van der Waals surface area contributed by atoms with Gasteiger partial charge in [-0.25, -0.2) is 0 Å². The lowest BCUT2D eigenvalue weighted by molar-refractivity contribution is 0.236. The van der Waals surface area contributed by atoms with Gasteiger partial charge in [-0.3, -0.25) is 4.98 Å². The lowest BCUT2D eigenvalue weighted by Gasteiger charge is -2.17. The van der Waals surface area contributed by atoms with Crippen LogP contribution < -0.4 is 10.5 Å². The first kappa shape index (κ1) is 10.8. The van der Waals surface area contributed by atoms with E-state index in [-0.39, 0.29) is 5.41 Å². The van der Waals surface area contributed by atoms with Crippen molar-refractivity contribution in [2.45, 2.75) is 27.2 Å². The fraction of sp³-hybridized carbons (Fsp3) is 0.600. The Bertz CT molecular complexity index is 294. The maximum Gasteiger partial charge on any atom is 0.234 e. The van der Waals surface area contributed by atoms with Gasteiger partial charge >= 0.3 is 0 Å². The van der Waals surface area contributed by atoms with Gasteiger partial charge in [-0.15, -0.1) is 0 Å². The second kappa shape index (κ2) is 4.26. The first-order valence-electron chi connectivity index (χ1n) is 4.68. The molecule has 0 fully saturated rings. The van der Waals surface area contributed by atoms with Gasteiger partial charge in [0.15, 0.2) is 0 Å². The van der Waals surface area contributed by atoms with E-state index in [1.54, 1.807) is 6.20 Å². The number of ether oxygens (including phenoxy) is 1. The Labute approximate surface area is 84.5 Å². The Morgan fingerprint density at radius 3 is 2.64 bits per heavy atom. The van der Waals surface area contributed by atoms with Gasteiger partial charge in [0.25, 0.3) is 0 Å². The Kier molecular flexibility index (Phi) is 3.28. The lowest BCUT2D eigenvalue weighted by Crippen LogP contribution is -2.11. The number of anilines is 1. The summed E-state index contributed by atoms with van der Waals surface area (Å²) in [6.45, 7) is 7.14. The molecule has 14 heavy (non-hydrogen) atoms. The minimum absolute atomic E-state index is 0.272. The Balaban J connectivity index is 2.39. The van der Waals surface area contributed by atoms with Gasteiger partial charge in [0, 0.05) is 0 Å². The summed E-state index contributed by atoms with van der Waals surface area (Å²) in [6.07, 6.45) is 4.04. The molecule has 4 heteroatoms. The van der Waals surface area contributed by atoms with Crippen LogP contribution in [0.4, 0.5) is 5.82 Å². The highest BCUT2D eigenvalue weighted by Crippen LogP contribution is 2.18. The number of hydrogen-bond donors (Lipinski definition) is 1. The summed E-state index contributed by atoms with van der Waals surface area (Å²) in [5.74, 6) is 0.882. The fourth-order valence-corrected chi connectivity index (χ4v) is 0.894. The molecule has 0 aliphatic carbocycles. The van der Waals surface area contributed by atoms with Crippen molar-refractivity contribution in [3.63, 3.8) is 0 Å². The standard InChI is InChI=1S/C10H17N3O/c1-10(2,3)4-5-14-9-7-12-6-8(11)13-9/h6-7H,4-5H2,1-3H3,(H2,11,13). The van der Waals surface area contributed by atoms with Gasteiger partial charge < -0.3 is 10.5 Å². The van der Waals surface area contributed by atoms with E-state index in [1.165, 1.54) is 6.20 Å². The molecule has 1 aromatic heterocycles. The van der Waals surface area contributed by atoms with E-state index < -0.39 is 0 Å². The highest BCUT2D eigenvalue weighted by atomic mass is 16.5. The molecular formula is C10H17N3O. The monoisotopic (exact) mass is 195 g/mol. The largest absolute Gasteiger partial charge is 0.477 e. The maximum absolute atomic E-state index is 5.46. The van der Waals surface area contributed by atoms with E-state index in [4.69, 9.17) is 10.5 Å². The zero-order valence-electron chi connectivity index (χ0n) is 8.95. The van der Waals surface area contributed by atoms with Crippen LogP contribution >= 0.6 is 0 Å². The Morgan fingerprint density at radius 1 is 1.36 bits per heavy atom. The first-order chi connectivity index (χ1) is 6.47. The number of hydrogen-bond acceptors (Lipinski definition) is 4. The van der Waals surface area contributed by atoms with Crippen LogP contribution in [-0.4, -0.2) is 16.6 Å². The van der Waals surface area contributed by atoms with Crippen molar-refractivity contribution in [1.29, 1.82) is 0 Å². The number of aromatic nitrogens is 2. The van der Waals surface area contributed by atoms with Gasteiger partial charge in [-0.2, -0.15) is 4.98 Å². The van der Waals surface area contributed by atoms with Crippen LogP contribution in [0, 0.1) is 5.41 Å². The van der Waals surface area contributed by atoms with Gasteiger partial charge in [-0.1, -0.05) is 20.8 Å². The number of nitrogen functional groups attached to an aromatic ring is 1. The molecule has 0 aliphatic heterocycles. The van der Waals surface area contributed by atoms with Crippen molar-refractivity contribution < 1.29 is 4.74 Å². The first-order valence-corrected chi connectivity index (χ1v) is 4.68. The van der Waals surface area contributed by atoms with Crippen LogP contribution in [0.3, 0.4) is 0 Å². The van der Waals surface area contributed by atoms with Crippen molar-refractivity contribution in [3.8, 4) is 5.88 Å². The van der Waals surface area contributed by atoms with Crippen molar-refractivity contribution in [2.24, 2.45) is 5.41 Å². The quantitative estimate of drug-likeness (QED) is 0.799. The molecule has 0 radical (unpaired) electrons. The molecule has 0 saturated heterocycles. The molecule has 0 unspecified atom stereocenters. The molecule has 2 N–H and O–H groups in total. The van der Waals surface area contributed by atoms with Gasteiger partial charge in [-0.05, 0) is 11.8 Å². The summed E-state index contributed by atoms with van der Waals surface area (Å²) >= 11 is 0. The summed E-state index contributed by atoms with van der Waals surface area (Å²) in [6, 6.07) is 0. The van der Waals surface area contributed by atoms with Crippen LogP contribution in [0.2, 0.25) is 0 Å². The van der Waals surface area contributed by atoms with Crippen molar-refractivity contribution in [1.82, 2.24) is 9.97 Å². The van der Waals surface area contributed by atoms with Crippen molar-refractivity contribution in [2.75, 3.05) is 12.3 Å². The molecule has 0 aliphatic rings. The molecule has 0 spiro atoms. The van der Waals surface area contributed by atoms with E-state index in [2.05, 4.69) is 30.7 Å². The van der Waals surface area contributed by atoms with Gasteiger partial charge in [0.2, 0.25) is 5.88 Å². The minimum Gasteiger partial charge on any atom is -0.477 e. The molecule has 0 bridgehead atoms. The third-order valence-electron chi connectivity index (χ3n) is 1.73. The molecule has 1 heterocycles. The topological polar surface area (TPSA) is 61.0 Å². The predicted octanol–water partition coefficient (Wildman–Crippen LogP) is 1.87. The van der Waals surface area contributed by atoms with Crippen LogP contribution in [0.1, 0.15) is 27.2 Å². The predicted molar refractivity (Wildman–Crippen MR) is 56.0 cm³/mol. The van der Waals surface area contributed by atoms with E-state index >= 15 is 0 Å². The summed E-state index contributed by atoms with van der Waals surface area (Å²) < 4.78 is 5.41. The van der Waals surface area contributed by atoms with Gasteiger partial charge in [0.05, 0.1) is 19.0 Å². The molecule has 4 nitrogen and oxygen atoms in total. The third-order valence-corrected chi connectivity index (χ3v) is 1.73. The highest BCUT2D eigenvalue weighted by molar-refractivity contribution is 5.25. The summed E-state index contributed by atoms with van der Waals surface area (Å²) in [7, 11) is 0. The number of rotatable bonds is 3. The minimum atomic E-state index is 0.272. The Morgan fingerprint density at radius 2 is 2.07 bits per heavy atom. The summed E-state index contributed by atoms with van der Waals surface area (Å²) in [5.41, 5.74) is 5.73. The van der Waals surface area contributed by atoms with Crippen LogP contribution in [-0.2, 0) is 0 Å². The Hall–Kier alpha value is -1.32. The molecule has 1 aromatic rings. The van der Waals surface area contributed by atoms with Crippen molar-refractivity contribution in [3.05, 3.63) is 12.4 Å². The lowest BCUT2D eigenvalue weighted by atomic mass is 9.93. The van der Waals surface area contributed by atoms with E-state index in [0.717, 1.165) is 6.42 Å². The SMILES string of the molecule is CC(C)(C)CCOc1cncc(N)n1. The van der Waals surface area contributed by atoms with Gasteiger partial charge in [0.1, 0.15) is 5.82 Å². The molecule has 0 saturated carbocycles. The van der Waals surface area contributed by atoms with E-state index in [1.807, 2.05) is 0 Å². The number of nitrogens with zero attached hydrogens (tertiary/aromatic N) is 2. The third kappa shape index (κ3) is 4.07. The average molecular weight is 195 g/mol. The highest BCUT2D eigenvalue weighted by Gasteiger charge is 2.10. The van der Waals surface area contributed by atoms with Crippen LogP contribution in [0.5, 0.6) is 5.88 Å². The smallest absolute Gasteiger partial charge is 0.234 e. The summed E-state index contributed by atoms with van der Waals surface area (Å²) in [5, 5.41) is 0. The summed E-state index contributed by atoms with van der Waals surface area (Å²) in [4.78, 5) is 7.87. The molecule has 0 atom stereocenters. The molecular weight excluding hydrogens is 178 g/mol. The molecule has 0 amide bonds. The molecule has 78 valence electrons. The molecule has 0 aromatic carbocycles. The van der Waals surface area contributed by atoms with E-state index in [9.17, 15) is 0 Å². The average Bonchev–Trinajstić information content (AvgIpc) is 2.01. The molecule has 1 rings (SSSR count). The van der Waals surface area contributed by atoms with Crippen molar-refractivity contribution >= 4 is 5.82 Å². The fourth-order valence-electron chi connectivity index (χ4n) is 0.894. The zero-order chi connectivity index (χ0) is 10.6. The van der Waals surface area contributed by atoms with Crippen LogP contribution in [0.25, 0.3) is 0 Å².